The highest BCUT2D eigenvalue weighted by Crippen LogP contribution is 2.75. The molecule has 0 bridgehead atoms. The van der Waals surface area contributed by atoms with Crippen LogP contribution in [0.2, 0.25) is 0 Å². The first-order valence-electron chi connectivity index (χ1n) is 12.0. The van der Waals surface area contributed by atoms with Crippen LogP contribution in [0.4, 0.5) is 0 Å². The Morgan fingerprint density at radius 2 is 1.85 bits per heavy atom. The highest BCUT2D eigenvalue weighted by Gasteiger charge is 2.87. The fourth-order valence-electron chi connectivity index (χ4n) is 8.70. The lowest BCUT2D eigenvalue weighted by Crippen LogP contribution is -2.71. The molecule has 9 heteroatoms. The molecule has 0 radical (unpaired) electrons. The van der Waals surface area contributed by atoms with E-state index in [9.17, 15) is 19.5 Å². The summed E-state index contributed by atoms with van der Waals surface area (Å²) in [5.74, 6) is -2.00. The monoisotopic (exact) mass is 472 g/mol. The summed E-state index contributed by atoms with van der Waals surface area (Å²) < 4.78 is 29.3. The fourth-order valence-corrected chi connectivity index (χ4v) is 8.70. The molecule has 34 heavy (non-hydrogen) atoms. The van der Waals surface area contributed by atoms with Crippen LogP contribution in [0.25, 0.3) is 0 Å². The third-order valence-corrected chi connectivity index (χ3v) is 10.2. The lowest BCUT2D eigenvalue weighted by molar-refractivity contribution is -0.229. The number of ketones is 1. The predicted molar refractivity (Wildman–Crippen MR) is 111 cm³/mol. The molecule has 1 aromatic heterocycles. The summed E-state index contributed by atoms with van der Waals surface area (Å²) in [4.78, 5) is 39.2. The van der Waals surface area contributed by atoms with Gasteiger partial charge in [0.2, 0.25) is 0 Å². The van der Waals surface area contributed by atoms with Crippen LogP contribution < -0.4 is 0 Å². The van der Waals surface area contributed by atoms with Gasteiger partial charge in [0, 0.05) is 23.3 Å². The SMILES string of the molecule is CC1(C)O[C@@H]2CC(=O)OC[C@]23[C@H]2C[C@H](O)[C@@]4(C)[C@H](c5ccoc5)OC(=O)[C@@H]5O[C@@]54[C@@H]2C(=O)C[C@@H]13. The van der Waals surface area contributed by atoms with Crippen molar-refractivity contribution in [1.82, 2.24) is 0 Å². The van der Waals surface area contributed by atoms with Crippen LogP contribution in [0.3, 0.4) is 0 Å². The fraction of sp³-hybridized carbons (Fsp3) is 0.720. The van der Waals surface area contributed by atoms with E-state index >= 15 is 0 Å². The first-order valence-corrected chi connectivity index (χ1v) is 12.0. The number of hydrogen-bond acceptors (Lipinski definition) is 9. The third-order valence-electron chi connectivity index (χ3n) is 10.2. The maximum Gasteiger partial charge on any atom is 0.339 e. The van der Waals surface area contributed by atoms with Crippen LogP contribution in [0.5, 0.6) is 0 Å². The number of cyclic esters (lactones) is 2. The van der Waals surface area contributed by atoms with E-state index in [1.165, 1.54) is 12.5 Å². The number of esters is 2. The molecule has 4 aliphatic heterocycles. The number of aliphatic hydroxyl groups excluding tert-OH is 1. The molecular formula is C25H28O9. The van der Waals surface area contributed by atoms with Gasteiger partial charge in [-0.15, -0.1) is 0 Å². The summed E-state index contributed by atoms with van der Waals surface area (Å²) in [7, 11) is 0. The molecule has 1 aromatic rings. The Balaban J connectivity index is 1.40. The van der Waals surface area contributed by atoms with Crippen LogP contribution in [-0.2, 0) is 33.3 Å². The first kappa shape index (κ1) is 21.1. The Labute approximate surface area is 196 Å². The van der Waals surface area contributed by atoms with Gasteiger partial charge in [0.1, 0.15) is 24.1 Å². The highest BCUT2D eigenvalue weighted by molar-refractivity contribution is 5.90. The number of hydrogen-bond donors (Lipinski definition) is 1. The summed E-state index contributed by atoms with van der Waals surface area (Å²) in [6.07, 6.45) is 0.562. The van der Waals surface area contributed by atoms with Crippen molar-refractivity contribution in [3.63, 3.8) is 0 Å². The minimum atomic E-state index is -1.19. The molecule has 6 aliphatic rings. The molecule has 7 rings (SSSR count). The second kappa shape index (κ2) is 6.12. The number of carbonyl (C=O) groups excluding carboxylic acids is 3. The first-order chi connectivity index (χ1) is 16.1. The van der Waals surface area contributed by atoms with Gasteiger partial charge in [-0.25, -0.2) is 4.79 Å². The molecule has 6 fully saturated rings. The maximum absolute atomic E-state index is 13.9. The van der Waals surface area contributed by atoms with Gasteiger partial charge >= 0.3 is 11.9 Å². The van der Waals surface area contributed by atoms with E-state index in [0.717, 1.165) is 0 Å². The number of fused-ring (bicyclic) bond motifs is 1. The van der Waals surface area contributed by atoms with Crippen molar-refractivity contribution in [3.05, 3.63) is 24.2 Å². The van der Waals surface area contributed by atoms with Crippen molar-refractivity contribution in [3.8, 4) is 0 Å². The van der Waals surface area contributed by atoms with Crippen molar-refractivity contribution in [2.45, 2.75) is 75.7 Å². The van der Waals surface area contributed by atoms with Gasteiger partial charge in [-0.2, -0.15) is 0 Å². The predicted octanol–water partition coefficient (Wildman–Crippen LogP) is 1.72. The van der Waals surface area contributed by atoms with E-state index in [0.29, 0.717) is 12.0 Å². The Morgan fingerprint density at radius 1 is 1.06 bits per heavy atom. The number of ether oxygens (including phenoxy) is 4. The Bertz CT molecular complexity index is 1110. The molecule has 2 aliphatic carbocycles. The Morgan fingerprint density at radius 3 is 2.59 bits per heavy atom. The number of rotatable bonds is 1. The second-order valence-electron chi connectivity index (χ2n) is 11.7. The van der Waals surface area contributed by atoms with Crippen molar-refractivity contribution in [1.29, 1.82) is 0 Å². The molecule has 2 spiro atoms. The smallest absolute Gasteiger partial charge is 0.339 e. The van der Waals surface area contributed by atoms with Crippen LogP contribution in [0, 0.1) is 28.6 Å². The number of Topliss-reactive ketones (excluding diaryl/α,β-unsaturated/α-hetero) is 1. The topological polar surface area (TPSA) is 125 Å². The van der Waals surface area contributed by atoms with Crippen LogP contribution in [0.15, 0.2) is 23.0 Å². The zero-order valence-electron chi connectivity index (χ0n) is 19.3. The molecule has 2 saturated carbocycles. The molecule has 182 valence electrons. The molecule has 4 saturated heterocycles. The summed E-state index contributed by atoms with van der Waals surface area (Å²) in [5.41, 5.74) is -2.88. The van der Waals surface area contributed by atoms with E-state index in [4.69, 9.17) is 23.4 Å². The molecule has 1 N–H and O–H groups in total. The summed E-state index contributed by atoms with van der Waals surface area (Å²) >= 11 is 0. The van der Waals surface area contributed by atoms with Crippen LogP contribution >= 0.6 is 0 Å². The Kier molecular flexibility index (Phi) is 3.79. The van der Waals surface area contributed by atoms with E-state index in [2.05, 4.69) is 0 Å². The normalized spacial score (nSPS) is 52.4. The van der Waals surface area contributed by atoms with Gasteiger partial charge in [0.05, 0.1) is 48.1 Å². The van der Waals surface area contributed by atoms with Crippen LogP contribution in [0.1, 0.15) is 51.7 Å². The largest absolute Gasteiger partial charge is 0.472 e. The van der Waals surface area contributed by atoms with Gasteiger partial charge in [0.25, 0.3) is 0 Å². The summed E-state index contributed by atoms with van der Waals surface area (Å²) in [5, 5.41) is 11.8. The number of carbonyl (C=O) groups is 3. The molecule has 9 nitrogen and oxygen atoms in total. The van der Waals surface area contributed by atoms with Crippen molar-refractivity contribution in [2.24, 2.45) is 28.6 Å². The van der Waals surface area contributed by atoms with Gasteiger partial charge in [-0.05, 0) is 32.3 Å². The van der Waals surface area contributed by atoms with E-state index < -0.39 is 58.3 Å². The summed E-state index contributed by atoms with van der Waals surface area (Å²) in [6.45, 7) is 5.91. The van der Waals surface area contributed by atoms with Crippen LogP contribution in [-0.4, -0.2) is 58.9 Å². The standard InChI is InChI=1S/C25H28O9/c1-22(2)14-7-13(26)18-12(24(14)10-31-17(28)8-16(24)33-22)6-15(27)23(3)19(11-4-5-30-9-11)32-21(29)20-25(18,23)34-20/h4-5,9,12,14-16,18-20,27H,6-8,10H2,1-3H3/t12-,14-,15-,16+,18-,19-,20-,23-,24+,25-/m0/s1. The van der Waals surface area contributed by atoms with Gasteiger partial charge in [0.15, 0.2) is 6.10 Å². The van der Waals surface area contributed by atoms with Gasteiger partial charge in [-0.3, -0.25) is 9.59 Å². The average Bonchev–Trinajstić information content (AvgIpc) is 3.20. The molecule has 5 heterocycles. The lowest BCUT2D eigenvalue weighted by atomic mass is 9.41. The average molecular weight is 472 g/mol. The zero-order valence-corrected chi connectivity index (χ0v) is 19.3. The molecule has 0 unspecified atom stereocenters. The van der Waals surface area contributed by atoms with E-state index in [-0.39, 0.29) is 43.0 Å². The zero-order chi connectivity index (χ0) is 23.8. The molecule has 0 aromatic carbocycles. The van der Waals surface area contributed by atoms with E-state index in [1.54, 1.807) is 6.07 Å². The quantitative estimate of drug-likeness (QED) is 0.480. The number of epoxide rings is 1. The molecular weight excluding hydrogens is 444 g/mol. The molecule has 10 atom stereocenters. The van der Waals surface area contributed by atoms with Crippen molar-refractivity contribution in [2.75, 3.05) is 6.61 Å². The maximum atomic E-state index is 13.9. The number of aliphatic hydroxyl groups is 1. The number of furan rings is 1. The van der Waals surface area contributed by atoms with Gasteiger partial charge in [-0.1, -0.05) is 6.92 Å². The summed E-state index contributed by atoms with van der Waals surface area (Å²) in [6, 6.07) is 1.71. The highest BCUT2D eigenvalue weighted by atomic mass is 16.7. The van der Waals surface area contributed by atoms with E-state index in [1.807, 2.05) is 20.8 Å². The minimum Gasteiger partial charge on any atom is -0.472 e. The lowest BCUT2D eigenvalue weighted by Gasteiger charge is -2.61. The third kappa shape index (κ3) is 2.12. The van der Waals surface area contributed by atoms with Gasteiger partial charge < -0.3 is 28.5 Å². The minimum absolute atomic E-state index is 0.0103. The van der Waals surface area contributed by atoms with Crippen molar-refractivity contribution >= 4 is 17.7 Å². The second-order valence-corrected chi connectivity index (χ2v) is 11.7. The van der Waals surface area contributed by atoms with Crippen molar-refractivity contribution < 1.29 is 42.9 Å². The molecule has 0 amide bonds. The Hall–Kier alpha value is -2.23.